The number of likely N-dealkylation sites (N-methyl/N-ethyl adjacent to an activating group) is 1. The van der Waals surface area contributed by atoms with Gasteiger partial charge in [0.15, 0.2) is 0 Å². The molecule has 190 valence electrons. The van der Waals surface area contributed by atoms with Gasteiger partial charge in [0.25, 0.3) is 0 Å². The van der Waals surface area contributed by atoms with Crippen molar-refractivity contribution < 1.29 is 19.1 Å². The second-order valence-corrected chi connectivity index (χ2v) is 10.1. The van der Waals surface area contributed by atoms with E-state index < -0.39 is 23.8 Å². The van der Waals surface area contributed by atoms with E-state index in [0.717, 1.165) is 24.8 Å². The van der Waals surface area contributed by atoms with E-state index >= 15 is 0 Å². The molecule has 0 aliphatic heterocycles. The predicted molar refractivity (Wildman–Crippen MR) is 137 cm³/mol. The van der Waals surface area contributed by atoms with Crippen molar-refractivity contribution in [2.45, 2.75) is 84.9 Å². The van der Waals surface area contributed by atoms with Gasteiger partial charge in [-0.1, -0.05) is 64.5 Å². The fourth-order valence-corrected chi connectivity index (χ4v) is 3.61. The van der Waals surface area contributed by atoms with E-state index in [1.165, 1.54) is 4.90 Å². The number of carbonyl (C=O) groups excluding carboxylic acids is 3. The lowest BCUT2D eigenvalue weighted by molar-refractivity contribution is -0.141. The Balaban J connectivity index is 3.22. The zero-order valence-electron chi connectivity index (χ0n) is 21.9. The first-order chi connectivity index (χ1) is 15.9. The monoisotopic (exact) mass is 473 g/mol. The third kappa shape index (κ3) is 9.98. The number of rotatable bonds is 12. The van der Waals surface area contributed by atoms with Gasteiger partial charge in [-0.05, 0) is 56.7 Å². The van der Waals surface area contributed by atoms with Crippen LogP contribution in [0.3, 0.4) is 0 Å². The standard InChI is InChI=1S/C27H43N3O4/c1-9-11-12-16-28-24(31)23(21-15-13-14-20(10-2)18-21)30(8)25(32)22(17-19(3)4)29-26(33)34-27(5,6)7/h10,13-15,18-19,22-23H,2,9,11-12,16-17H2,1,3-8H3,(H,28,31)(H,29,33). The maximum Gasteiger partial charge on any atom is 0.408 e. The summed E-state index contributed by atoms with van der Waals surface area (Å²) < 4.78 is 5.37. The van der Waals surface area contributed by atoms with E-state index in [1.54, 1.807) is 33.9 Å². The van der Waals surface area contributed by atoms with Crippen molar-refractivity contribution in [1.29, 1.82) is 0 Å². The van der Waals surface area contributed by atoms with Crippen LogP contribution in [0, 0.1) is 5.92 Å². The van der Waals surface area contributed by atoms with Gasteiger partial charge in [0, 0.05) is 13.6 Å². The molecule has 1 rings (SSSR count). The molecule has 0 aliphatic carbocycles. The number of unbranched alkanes of at least 4 members (excludes halogenated alkanes) is 2. The number of alkyl carbamates (subject to hydrolysis) is 1. The number of ether oxygens (including phenoxy) is 1. The highest BCUT2D eigenvalue weighted by Crippen LogP contribution is 2.24. The van der Waals surface area contributed by atoms with Crippen molar-refractivity contribution in [2.75, 3.05) is 13.6 Å². The van der Waals surface area contributed by atoms with Crippen LogP contribution in [0.5, 0.6) is 0 Å². The van der Waals surface area contributed by atoms with Crippen molar-refractivity contribution >= 4 is 24.0 Å². The van der Waals surface area contributed by atoms with Crippen LogP contribution in [-0.4, -0.2) is 48.0 Å². The minimum Gasteiger partial charge on any atom is -0.444 e. The molecule has 0 bridgehead atoms. The highest BCUT2D eigenvalue weighted by molar-refractivity contribution is 5.92. The number of hydrogen-bond donors (Lipinski definition) is 2. The number of hydrogen-bond acceptors (Lipinski definition) is 4. The molecule has 2 atom stereocenters. The predicted octanol–water partition coefficient (Wildman–Crippen LogP) is 5.07. The largest absolute Gasteiger partial charge is 0.444 e. The molecule has 1 aromatic carbocycles. The zero-order valence-corrected chi connectivity index (χ0v) is 21.9. The van der Waals surface area contributed by atoms with Crippen LogP contribution in [0.2, 0.25) is 0 Å². The molecular weight excluding hydrogens is 430 g/mol. The van der Waals surface area contributed by atoms with E-state index in [1.807, 2.05) is 38.1 Å². The fraction of sp³-hybridized carbons (Fsp3) is 0.593. The highest BCUT2D eigenvalue weighted by atomic mass is 16.6. The van der Waals surface area contributed by atoms with Gasteiger partial charge in [0.05, 0.1) is 0 Å². The molecule has 2 unspecified atom stereocenters. The van der Waals surface area contributed by atoms with Gasteiger partial charge in [-0.3, -0.25) is 9.59 Å². The molecule has 0 spiro atoms. The van der Waals surface area contributed by atoms with Gasteiger partial charge in [-0.15, -0.1) is 0 Å². The summed E-state index contributed by atoms with van der Waals surface area (Å²) in [5.74, 6) is -0.464. The van der Waals surface area contributed by atoms with E-state index in [0.29, 0.717) is 18.5 Å². The van der Waals surface area contributed by atoms with E-state index in [2.05, 4.69) is 24.1 Å². The van der Waals surface area contributed by atoms with Gasteiger partial charge in [0.1, 0.15) is 17.7 Å². The molecule has 0 aliphatic rings. The second-order valence-electron chi connectivity index (χ2n) is 10.1. The number of amides is 3. The van der Waals surface area contributed by atoms with Crippen LogP contribution in [0.15, 0.2) is 30.8 Å². The number of carbonyl (C=O) groups is 3. The lowest BCUT2D eigenvalue weighted by Crippen LogP contribution is -2.52. The van der Waals surface area contributed by atoms with Crippen LogP contribution in [0.25, 0.3) is 6.08 Å². The third-order valence-electron chi connectivity index (χ3n) is 5.22. The summed E-state index contributed by atoms with van der Waals surface area (Å²) in [6.07, 6.45) is 4.39. The molecule has 34 heavy (non-hydrogen) atoms. The highest BCUT2D eigenvalue weighted by Gasteiger charge is 2.34. The number of nitrogens with zero attached hydrogens (tertiary/aromatic N) is 1. The zero-order chi connectivity index (χ0) is 25.9. The first kappa shape index (κ1) is 29.2. The summed E-state index contributed by atoms with van der Waals surface area (Å²) >= 11 is 0. The SMILES string of the molecule is C=Cc1cccc(C(C(=O)NCCCCC)N(C)C(=O)C(CC(C)C)NC(=O)OC(C)(C)C)c1. The van der Waals surface area contributed by atoms with Gasteiger partial charge in [-0.2, -0.15) is 0 Å². The van der Waals surface area contributed by atoms with Crippen LogP contribution >= 0.6 is 0 Å². The summed E-state index contributed by atoms with van der Waals surface area (Å²) in [7, 11) is 1.60. The smallest absolute Gasteiger partial charge is 0.408 e. The summed E-state index contributed by atoms with van der Waals surface area (Å²) in [5.41, 5.74) is 0.850. The number of benzene rings is 1. The molecule has 7 heteroatoms. The Labute approximate surface area is 205 Å². The molecule has 0 aromatic heterocycles. The topological polar surface area (TPSA) is 87.7 Å². The van der Waals surface area contributed by atoms with Crippen molar-refractivity contribution in [3.63, 3.8) is 0 Å². The molecule has 0 saturated heterocycles. The molecule has 7 nitrogen and oxygen atoms in total. The Morgan fingerprint density at radius 3 is 2.41 bits per heavy atom. The summed E-state index contributed by atoms with van der Waals surface area (Å²) in [6, 6.07) is 5.74. The summed E-state index contributed by atoms with van der Waals surface area (Å²) in [5, 5.41) is 5.68. The average molecular weight is 474 g/mol. The van der Waals surface area contributed by atoms with Crippen molar-refractivity contribution in [3.8, 4) is 0 Å². The number of nitrogens with one attached hydrogen (secondary N) is 2. The fourth-order valence-electron chi connectivity index (χ4n) is 3.61. The maximum atomic E-state index is 13.6. The van der Waals surface area contributed by atoms with Crippen molar-refractivity contribution in [3.05, 3.63) is 42.0 Å². The van der Waals surface area contributed by atoms with Gasteiger partial charge in [-0.25, -0.2) is 4.79 Å². The minimum absolute atomic E-state index is 0.141. The van der Waals surface area contributed by atoms with Crippen LogP contribution in [0.1, 0.15) is 84.4 Å². The lowest BCUT2D eigenvalue weighted by atomic mass is 9.98. The van der Waals surface area contributed by atoms with Crippen LogP contribution < -0.4 is 10.6 Å². The Bertz CT molecular complexity index is 829. The van der Waals surface area contributed by atoms with Crippen molar-refractivity contribution in [2.24, 2.45) is 5.92 Å². The molecule has 0 saturated carbocycles. The van der Waals surface area contributed by atoms with Crippen LogP contribution in [0.4, 0.5) is 4.79 Å². The molecule has 1 aromatic rings. The molecule has 0 radical (unpaired) electrons. The first-order valence-corrected chi connectivity index (χ1v) is 12.2. The minimum atomic E-state index is -0.843. The molecule has 2 N–H and O–H groups in total. The quantitative estimate of drug-likeness (QED) is 0.415. The van der Waals surface area contributed by atoms with E-state index in [9.17, 15) is 14.4 Å². The Hall–Kier alpha value is -2.83. The second kappa shape index (κ2) is 13.8. The Kier molecular flexibility index (Phi) is 11.8. The Morgan fingerprint density at radius 2 is 1.85 bits per heavy atom. The normalized spacial score (nSPS) is 13.1. The molecule has 3 amide bonds. The van der Waals surface area contributed by atoms with Crippen molar-refractivity contribution in [1.82, 2.24) is 15.5 Å². The Morgan fingerprint density at radius 1 is 1.18 bits per heavy atom. The van der Waals surface area contributed by atoms with Gasteiger partial charge < -0.3 is 20.3 Å². The summed E-state index contributed by atoms with van der Waals surface area (Å²) in [6.45, 7) is 15.7. The van der Waals surface area contributed by atoms with Gasteiger partial charge in [0.2, 0.25) is 11.8 Å². The lowest BCUT2D eigenvalue weighted by Gasteiger charge is -2.32. The van der Waals surface area contributed by atoms with Crippen LogP contribution in [-0.2, 0) is 14.3 Å². The van der Waals surface area contributed by atoms with E-state index in [-0.39, 0.29) is 17.7 Å². The maximum absolute atomic E-state index is 13.6. The third-order valence-corrected chi connectivity index (χ3v) is 5.22. The average Bonchev–Trinajstić information content (AvgIpc) is 2.74. The molecule has 0 heterocycles. The van der Waals surface area contributed by atoms with E-state index in [4.69, 9.17) is 4.74 Å². The van der Waals surface area contributed by atoms with Gasteiger partial charge >= 0.3 is 6.09 Å². The first-order valence-electron chi connectivity index (χ1n) is 12.2. The summed E-state index contributed by atoms with van der Waals surface area (Å²) in [4.78, 5) is 40.7. The molecule has 0 fully saturated rings. The molecular formula is C27H43N3O4.